The van der Waals surface area contributed by atoms with Crippen LogP contribution >= 0.6 is 11.6 Å². The number of amides is 1. The molecule has 1 aromatic rings. The van der Waals surface area contributed by atoms with E-state index in [0.29, 0.717) is 31.3 Å². The fraction of sp³-hybridized carbons (Fsp3) is 0.600. The topological polar surface area (TPSA) is 70.1 Å². The molecule has 7 heteroatoms. The van der Waals surface area contributed by atoms with Crippen LogP contribution in [-0.2, 0) is 19.7 Å². The minimum absolute atomic E-state index is 0.0392. The summed E-state index contributed by atoms with van der Waals surface area (Å²) in [6, 6.07) is 7.66. The van der Waals surface area contributed by atoms with E-state index in [9.17, 15) is 9.59 Å². The van der Waals surface area contributed by atoms with Crippen LogP contribution in [0.25, 0.3) is 0 Å². The van der Waals surface area contributed by atoms with Gasteiger partial charge in [-0.1, -0.05) is 36.6 Å². The van der Waals surface area contributed by atoms with Gasteiger partial charge >= 0.3 is 5.97 Å². The summed E-state index contributed by atoms with van der Waals surface area (Å²) in [5.74, 6) is -0.703. The third-order valence-corrected chi connectivity index (χ3v) is 5.86. The van der Waals surface area contributed by atoms with Gasteiger partial charge in [-0.2, -0.15) is 0 Å². The Labute approximate surface area is 165 Å². The van der Waals surface area contributed by atoms with Gasteiger partial charge in [0.1, 0.15) is 0 Å². The van der Waals surface area contributed by atoms with Crippen LogP contribution < -0.4 is 0 Å². The van der Waals surface area contributed by atoms with Gasteiger partial charge in [0.25, 0.3) is 0 Å². The molecule has 6 nitrogen and oxygen atoms in total. The molecule has 2 aliphatic rings. The Bertz CT molecular complexity index is 673. The van der Waals surface area contributed by atoms with Gasteiger partial charge in [-0.05, 0) is 37.6 Å². The maximum Gasteiger partial charge on any atom is 0.317 e. The third kappa shape index (κ3) is 4.62. The minimum atomic E-state index is -0.867. The molecular weight excluding hydrogens is 368 g/mol. The van der Waals surface area contributed by atoms with Gasteiger partial charge < -0.3 is 14.7 Å². The number of hydrogen-bond acceptors (Lipinski definition) is 4. The molecule has 1 heterocycles. The largest absolute Gasteiger partial charge is 0.480 e. The number of aliphatic carboxylic acids is 1. The number of rotatable bonds is 6. The predicted molar refractivity (Wildman–Crippen MR) is 103 cm³/mol. The van der Waals surface area contributed by atoms with Gasteiger partial charge in [-0.25, -0.2) is 0 Å². The number of ether oxygens (including phenoxy) is 1. The zero-order valence-electron chi connectivity index (χ0n) is 15.7. The van der Waals surface area contributed by atoms with E-state index in [1.165, 1.54) is 0 Å². The zero-order valence-corrected chi connectivity index (χ0v) is 16.5. The first-order valence-corrected chi connectivity index (χ1v) is 9.86. The molecule has 0 bridgehead atoms. The molecule has 3 rings (SSSR count). The number of nitrogens with zero attached hydrogens (tertiary/aromatic N) is 2. The van der Waals surface area contributed by atoms with E-state index < -0.39 is 11.4 Å². The maximum atomic E-state index is 13.5. The SMILES string of the molecule is CN(CC(=O)O)CC1CN(C(=O)C2(c3ccc(Cl)cc3)CCCC2)CCO1. The molecule has 1 amide bonds. The number of hydrogen-bond donors (Lipinski definition) is 1. The minimum Gasteiger partial charge on any atom is -0.480 e. The summed E-state index contributed by atoms with van der Waals surface area (Å²) >= 11 is 6.04. The van der Waals surface area contributed by atoms with Gasteiger partial charge in [0, 0.05) is 24.7 Å². The Hall–Kier alpha value is -1.63. The highest BCUT2D eigenvalue weighted by Gasteiger charge is 2.45. The number of benzene rings is 1. The van der Waals surface area contributed by atoms with E-state index in [4.69, 9.17) is 21.4 Å². The summed E-state index contributed by atoms with van der Waals surface area (Å²) in [5, 5.41) is 9.59. The lowest BCUT2D eigenvalue weighted by atomic mass is 9.77. The summed E-state index contributed by atoms with van der Waals surface area (Å²) in [6.45, 7) is 2.01. The Morgan fingerprint density at radius 2 is 1.96 bits per heavy atom. The summed E-state index contributed by atoms with van der Waals surface area (Å²) < 4.78 is 5.78. The number of carbonyl (C=O) groups is 2. The molecule has 1 atom stereocenters. The number of halogens is 1. The van der Waals surface area contributed by atoms with Crippen LogP contribution in [0.4, 0.5) is 0 Å². The predicted octanol–water partition coefficient (Wildman–Crippen LogP) is 2.40. The number of morpholine rings is 1. The zero-order chi connectivity index (χ0) is 19.4. The van der Waals surface area contributed by atoms with Crippen LogP contribution in [0.15, 0.2) is 24.3 Å². The first kappa shape index (κ1) is 20.1. The second-order valence-corrected chi connectivity index (χ2v) is 8.07. The quantitative estimate of drug-likeness (QED) is 0.802. The second-order valence-electron chi connectivity index (χ2n) is 7.63. The molecule has 27 heavy (non-hydrogen) atoms. The molecule has 1 aliphatic carbocycles. The normalized spacial score (nSPS) is 22.2. The van der Waals surface area contributed by atoms with Crippen molar-refractivity contribution in [1.29, 1.82) is 0 Å². The summed E-state index contributed by atoms with van der Waals surface area (Å²) in [6.07, 6.45) is 3.63. The first-order chi connectivity index (χ1) is 12.9. The molecule has 1 aliphatic heterocycles. The van der Waals surface area contributed by atoms with Crippen molar-refractivity contribution in [1.82, 2.24) is 9.80 Å². The third-order valence-electron chi connectivity index (χ3n) is 5.61. The Balaban J connectivity index is 1.72. The summed E-state index contributed by atoms with van der Waals surface area (Å²) in [5.41, 5.74) is 0.569. The average molecular weight is 395 g/mol. The van der Waals surface area contributed by atoms with Crippen molar-refractivity contribution >= 4 is 23.5 Å². The van der Waals surface area contributed by atoms with E-state index in [2.05, 4.69) is 0 Å². The Kier molecular flexibility index (Phi) is 6.40. The highest BCUT2D eigenvalue weighted by atomic mass is 35.5. The second kappa shape index (κ2) is 8.59. The molecule has 1 saturated heterocycles. The molecular formula is C20H27ClN2O4. The van der Waals surface area contributed by atoms with E-state index >= 15 is 0 Å². The van der Waals surface area contributed by atoms with Crippen molar-refractivity contribution in [3.05, 3.63) is 34.9 Å². The van der Waals surface area contributed by atoms with Gasteiger partial charge in [0.15, 0.2) is 0 Å². The van der Waals surface area contributed by atoms with Gasteiger partial charge in [0.05, 0.1) is 24.7 Å². The van der Waals surface area contributed by atoms with Crippen molar-refractivity contribution in [3.63, 3.8) is 0 Å². The van der Waals surface area contributed by atoms with Crippen molar-refractivity contribution in [3.8, 4) is 0 Å². The molecule has 2 fully saturated rings. The highest BCUT2D eigenvalue weighted by molar-refractivity contribution is 6.30. The van der Waals surface area contributed by atoms with E-state index in [1.54, 1.807) is 11.9 Å². The molecule has 1 saturated carbocycles. The van der Waals surface area contributed by atoms with Crippen LogP contribution in [0, 0.1) is 0 Å². The smallest absolute Gasteiger partial charge is 0.317 e. The van der Waals surface area contributed by atoms with Crippen molar-refractivity contribution in [2.75, 3.05) is 39.8 Å². The van der Waals surface area contributed by atoms with Gasteiger partial charge in [-0.3, -0.25) is 14.5 Å². The van der Waals surface area contributed by atoms with Crippen LogP contribution in [-0.4, -0.2) is 72.7 Å². The fourth-order valence-electron chi connectivity index (χ4n) is 4.33. The van der Waals surface area contributed by atoms with E-state index in [0.717, 1.165) is 31.2 Å². The van der Waals surface area contributed by atoms with E-state index in [-0.39, 0.29) is 18.6 Å². The molecule has 0 spiro atoms. The van der Waals surface area contributed by atoms with Gasteiger partial charge in [-0.15, -0.1) is 0 Å². The van der Waals surface area contributed by atoms with Crippen molar-refractivity contribution in [2.45, 2.75) is 37.2 Å². The standard InChI is InChI=1S/C20H27ClN2O4/c1-22(14-18(24)25)12-17-13-23(10-11-27-17)19(26)20(8-2-3-9-20)15-4-6-16(21)7-5-15/h4-7,17H,2-3,8-14H2,1H3,(H,24,25). The molecule has 0 radical (unpaired) electrons. The molecule has 1 unspecified atom stereocenters. The number of likely N-dealkylation sites (N-methyl/N-ethyl adjacent to an activating group) is 1. The monoisotopic (exact) mass is 394 g/mol. The van der Waals surface area contributed by atoms with Crippen LogP contribution in [0.1, 0.15) is 31.2 Å². The van der Waals surface area contributed by atoms with Crippen molar-refractivity contribution < 1.29 is 19.4 Å². The number of carbonyl (C=O) groups excluding carboxylic acids is 1. The lowest BCUT2D eigenvalue weighted by Crippen LogP contribution is -2.54. The molecule has 148 valence electrons. The summed E-state index contributed by atoms with van der Waals surface area (Å²) in [4.78, 5) is 28.0. The van der Waals surface area contributed by atoms with Crippen LogP contribution in [0.2, 0.25) is 5.02 Å². The average Bonchev–Trinajstić information content (AvgIpc) is 3.12. The Morgan fingerprint density at radius 1 is 1.30 bits per heavy atom. The number of carboxylic acid groups (broad SMARTS) is 1. The van der Waals surface area contributed by atoms with Crippen LogP contribution in [0.5, 0.6) is 0 Å². The van der Waals surface area contributed by atoms with Gasteiger partial charge in [0.2, 0.25) is 5.91 Å². The lowest BCUT2D eigenvalue weighted by Gasteiger charge is -2.40. The maximum absolute atomic E-state index is 13.5. The highest BCUT2D eigenvalue weighted by Crippen LogP contribution is 2.43. The molecule has 1 N–H and O–H groups in total. The van der Waals surface area contributed by atoms with E-state index in [1.807, 2.05) is 29.2 Å². The first-order valence-electron chi connectivity index (χ1n) is 9.48. The van der Waals surface area contributed by atoms with Crippen LogP contribution in [0.3, 0.4) is 0 Å². The number of carboxylic acids is 1. The summed E-state index contributed by atoms with van der Waals surface area (Å²) in [7, 11) is 1.75. The molecule has 1 aromatic carbocycles. The van der Waals surface area contributed by atoms with Crippen molar-refractivity contribution in [2.24, 2.45) is 0 Å². The molecule has 0 aromatic heterocycles. The Morgan fingerprint density at radius 3 is 2.59 bits per heavy atom. The lowest BCUT2D eigenvalue weighted by molar-refractivity contribution is -0.146. The fourth-order valence-corrected chi connectivity index (χ4v) is 4.46.